The standard InChI is InChI=1S/C17H20ClN3O4S/c1-2-8-21(17(22)12-7-9-26(23,24)11-12)10-15-19-20-16(25-15)13-5-3-4-6-14(13)18/h3-6,12H,2,7-11H2,1H3. The van der Waals surface area contributed by atoms with Gasteiger partial charge in [0.15, 0.2) is 9.84 Å². The van der Waals surface area contributed by atoms with Crippen molar-refractivity contribution in [2.75, 3.05) is 18.1 Å². The Morgan fingerprint density at radius 1 is 1.35 bits per heavy atom. The predicted molar refractivity (Wildman–Crippen MR) is 97.2 cm³/mol. The van der Waals surface area contributed by atoms with Gasteiger partial charge in [0.25, 0.3) is 0 Å². The summed E-state index contributed by atoms with van der Waals surface area (Å²) in [5.74, 6) is -0.0927. The van der Waals surface area contributed by atoms with Crippen molar-refractivity contribution in [3.05, 3.63) is 35.2 Å². The fraction of sp³-hybridized carbons (Fsp3) is 0.471. The number of sulfone groups is 1. The van der Waals surface area contributed by atoms with Crippen LogP contribution in [0.5, 0.6) is 0 Å². The average molecular weight is 398 g/mol. The van der Waals surface area contributed by atoms with E-state index in [1.54, 1.807) is 23.1 Å². The maximum atomic E-state index is 12.7. The molecule has 1 saturated heterocycles. The lowest BCUT2D eigenvalue weighted by molar-refractivity contribution is -0.135. The van der Waals surface area contributed by atoms with Crippen LogP contribution in [0.3, 0.4) is 0 Å². The van der Waals surface area contributed by atoms with Gasteiger partial charge in [-0.3, -0.25) is 4.79 Å². The molecular formula is C17H20ClN3O4S. The fourth-order valence-corrected chi connectivity index (χ4v) is 4.96. The van der Waals surface area contributed by atoms with E-state index in [2.05, 4.69) is 10.2 Å². The molecule has 1 aromatic heterocycles. The van der Waals surface area contributed by atoms with Crippen LogP contribution in [-0.4, -0.2) is 47.5 Å². The summed E-state index contributed by atoms with van der Waals surface area (Å²) in [5.41, 5.74) is 0.628. The molecule has 1 unspecified atom stereocenters. The summed E-state index contributed by atoms with van der Waals surface area (Å²) in [6.07, 6.45) is 1.12. The van der Waals surface area contributed by atoms with E-state index in [0.29, 0.717) is 29.4 Å². The van der Waals surface area contributed by atoms with Gasteiger partial charge >= 0.3 is 0 Å². The Kier molecular flexibility index (Phi) is 5.62. The highest BCUT2D eigenvalue weighted by Gasteiger charge is 2.35. The van der Waals surface area contributed by atoms with Gasteiger partial charge in [-0.25, -0.2) is 8.42 Å². The predicted octanol–water partition coefficient (Wildman–Crippen LogP) is 2.56. The highest BCUT2D eigenvalue weighted by atomic mass is 35.5. The van der Waals surface area contributed by atoms with Gasteiger partial charge in [-0.05, 0) is 25.0 Å². The Hall–Kier alpha value is -1.93. The van der Waals surface area contributed by atoms with E-state index in [-0.39, 0.29) is 29.8 Å². The molecule has 26 heavy (non-hydrogen) atoms. The van der Waals surface area contributed by atoms with Crippen molar-refractivity contribution in [2.45, 2.75) is 26.3 Å². The summed E-state index contributed by atoms with van der Waals surface area (Å²) >= 11 is 6.14. The minimum Gasteiger partial charge on any atom is -0.419 e. The summed E-state index contributed by atoms with van der Waals surface area (Å²) < 4.78 is 29.0. The molecule has 1 aromatic carbocycles. The van der Waals surface area contributed by atoms with Crippen molar-refractivity contribution in [1.82, 2.24) is 15.1 Å². The fourth-order valence-electron chi connectivity index (χ4n) is 3.01. The highest BCUT2D eigenvalue weighted by Crippen LogP contribution is 2.27. The van der Waals surface area contributed by atoms with Gasteiger partial charge < -0.3 is 9.32 Å². The number of aromatic nitrogens is 2. The van der Waals surface area contributed by atoms with Gasteiger partial charge in [0.1, 0.15) is 0 Å². The van der Waals surface area contributed by atoms with Crippen molar-refractivity contribution in [3.8, 4) is 11.5 Å². The first-order chi connectivity index (χ1) is 12.4. The molecule has 1 aliphatic heterocycles. The van der Waals surface area contributed by atoms with E-state index in [1.165, 1.54) is 0 Å². The molecule has 1 fully saturated rings. The first kappa shape index (κ1) is 18.8. The van der Waals surface area contributed by atoms with Crippen LogP contribution >= 0.6 is 11.6 Å². The van der Waals surface area contributed by atoms with Gasteiger partial charge in [-0.2, -0.15) is 0 Å². The smallest absolute Gasteiger partial charge is 0.249 e. The maximum Gasteiger partial charge on any atom is 0.249 e. The Bertz CT molecular complexity index is 897. The van der Waals surface area contributed by atoms with Crippen LogP contribution in [0, 0.1) is 5.92 Å². The molecule has 1 amide bonds. The largest absolute Gasteiger partial charge is 0.419 e. The Labute approximate surface area is 157 Å². The molecular weight excluding hydrogens is 378 g/mol. The second kappa shape index (κ2) is 7.75. The van der Waals surface area contributed by atoms with Crippen molar-refractivity contribution in [3.63, 3.8) is 0 Å². The van der Waals surface area contributed by atoms with E-state index in [0.717, 1.165) is 6.42 Å². The second-order valence-corrected chi connectivity index (χ2v) is 8.98. The van der Waals surface area contributed by atoms with Crippen LogP contribution in [0.15, 0.2) is 28.7 Å². The molecule has 3 rings (SSSR count). The van der Waals surface area contributed by atoms with Crippen molar-refractivity contribution < 1.29 is 17.6 Å². The number of amides is 1. The van der Waals surface area contributed by atoms with Crippen molar-refractivity contribution in [1.29, 1.82) is 0 Å². The maximum absolute atomic E-state index is 12.7. The van der Waals surface area contributed by atoms with Crippen LogP contribution in [0.1, 0.15) is 25.7 Å². The van der Waals surface area contributed by atoms with Crippen molar-refractivity contribution in [2.24, 2.45) is 5.92 Å². The first-order valence-corrected chi connectivity index (χ1v) is 10.7. The molecule has 0 saturated carbocycles. The van der Waals surface area contributed by atoms with Gasteiger partial charge in [-0.15, -0.1) is 10.2 Å². The molecule has 0 spiro atoms. The Morgan fingerprint density at radius 3 is 2.77 bits per heavy atom. The normalized spacial score (nSPS) is 18.8. The Balaban J connectivity index is 1.75. The van der Waals surface area contributed by atoms with Gasteiger partial charge in [0.05, 0.1) is 34.6 Å². The molecule has 140 valence electrons. The van der Waals surface area contributed by atoms with Crippen molar-refractivity contribution >= 4 is 27.3 Å². The van der Waals surface area contributed by atoms with E-state index in [4.69, 9.17) is 16.0 Å². The molecule has 0 bridgehead atoms. The lowest BCUT2D eigenvalue weighted by Crippen LogP contribution is -2.37. The van der Waals surface area contributed by atoms with Crippen LogP contribution in [-0.2, 0) is 21.2 Å². The van der Waals surface area contributed by atoms with Gasteiger partial charge in [-0.1, -0.05) is 30.7 Å². The molecule has 0 aliphatic carbocycles. The highest BCUT2D eigenvalue weighted by molar-refractivity contribution is 7.91. The van der Waals surface area contributed by atoms with E-state index < -0.39 is 15.8 Å². The van der Waals surface area contributed by atoms with Crippen LogP contribution in [0.4, 0.5) is 0 Å². The topological polar surface area (TPSA) is 93.4 Å². The summed E-state index contributed by atoms with van der Waals surface area (Å²) in [6, 6.07) is 7.13. The quantitative estimate of drug-likeness (QED) is 0.743. The zero-order valence-corrected chi connectivity index (χ0v) is 16.0. The molecule has 2 heterocycles. The third kappa shape index (κ3) is 4.24. The minimum atomic E-state index is -3.11. The van der Waals surface area contributed by atoms with Gasteiger partial charge in [0.2, 0.25) is 17.7 Å². The van der Waals surface area contributed by atoms with Crippen LogP contribution in [0.2, 0.25) is 5.02 Å². The second-order valence-electron chi connectivity index (χ2n) is 6.34. The zero-order chi connectivity index (χ0) is 18.7. The van der Waals surface area contributed by atoms with Gasteiger partial charge in [0, 0.05) is 6.54 Å². The molecule has 0 N–H and O–H groups in total. The number of nitrogens with zero attached hydrogens (tertiary/aromatic N) is 3. The minimum absolute atomic E-state index is 0.0700. The van der Waals surface area contributed by atoms with E-state index in [9.17, 15) is 13.2 Å². The lowest BCUT2D eigenvalue weighted by atomic mass is 10.1. The molecule has 7 nitrogen and oxygen atoms in total. The van der Waals surface area contributed by atoms with E-state index in [1.807, 2.05) is 13.0 Å². The Morgan fingerprint density at radius 2 is 2.12 bits per heavy atom. The number of hydrogen-bond acceptors (Lipinski definition) is 6. The number of benzene rings is 1. The molecule has 2 aromatic rings. The monoisotopic (exact) mass is 397 g/mol. The SMILES string of the molecule is CCCN(Cc1nnc(-c2ccccc2Cl)o1)C(=O)C1CCS(=O)(=O)C1. The number of hydrogen-bond donors (Lipinski definition) is 0. The number of halogens is 1. The number of rotatable bonds is 6. The molecule has 1 atom stereocenters. The molecule has 1 aliphatic rings. The molecule has 0 radical (unpaired) electrons. The third-order valence-corrected chi connectivity index (χ3v) is 6.38. The summed E-state index contributed by atoms with van der Waals surface area (Å²) in [6.45, 7) is 2.61. The summed E-state index contributed by atoms with van der Waals surface area (Å²) in [5, 5.41) is 8.51. The number of carbonyl (C=O) groups excluding carboxylic acids is 1. The first-order valence-electron chi connectivity index (χ1n) is 8.46. The lowest BCUT2D eigenvalue weighted by Gasteiger charge is -2.23. The van der Waals surface area contributed by atoms with E-state index >= 15 is 0 Å². The summed E-state index contributed by atoms with van der Waals surface area (Å²) in [4.78, 5) is 14.3. The number of carbonyl (C=O) groups is 1. The average Bonchev–Trinajstić information content (AvgIpc) is 3.20. The third-order valence-electron chi connectivity index (χ3n) is 4.28. The van der Waals surface area contributed by atoms with Crippen LogP contribution < -0.4 is 0 Å². The summed E-state index contributed by atoms with van der Waals surface area (Å²) in [7, 11) is -3.11. The van der Waals surface area contributed by atoms with Crippen LogP contribution in [0.25, 0.3) is 11.5 Å². The zero-order valence-electron chi connectivity index (χ0n) is 14.4. The molecule has 9 heteroatoms.